The van der Waals surface area contributed by atoms with Crippen molar-refractivity contribution in [1.29, 1.82) is 0 Å². The van der Waals surface area contributed by atoms with E-state index in [1.807, 2.05) is 0 Å². The van der Waals surface area contributed by atoms with Crippen molar-refractivity contribution in [2.24, 2.45) is 0 Å². The van der Waals surface area contributed by atoms with Gasteiger partial charge in [0.05, 0.1) is 13.2 Å². The minimum absolute atomic E-state index is 0.267. The number of alkyl halides is 5. The van der Waals surface area contributed by atoms with E-state index in [1.165, 1.54) is 0 Å². The average molecular weight is 342 g/mol. The maximum atomic E-state index is 13.2. The quantitative estimate of drug-likeness (QED) is 0.286. The molecule has 0 unspecified atom stereocenters. The van der Waals surface area contributed by atoms with Gasteiger partial charge in [-0.05, 0) is 12.8 Å². The average Bonchev–Trinajstić information content (AvgIpc) is 2.38. The molecule has 0 atom stereocenters. The van der Waals surface area contributed by atoms with Crippen LogP contribution in [0, 0.1) is 0 Å². The van der Waals surface area contributed by atoms with Gasteiger partial charge in [0.15, 0.2) is 6.67 Å². The molecule has 0 aliphatic heterocycles. The van der Waals surface area contributed by atoms with Gasteiger partial charge in [0.25, 0.3) is 0 Å². The second kappa shape index (κ2) is 9.02. The summed E-state index contributed by atoms with van der Waals surface area (Å²) < 4.78 is 88.5. The van der Waals surface area contributed by atoms with E-state index < -0.39 is 26.5 Å². The van der Waals surface area contributed by atoms with E-state index in [0.717, 1.165) is 0 Å². The molecule has 0 rings (SSSR count). The van der Waals surface area contributed by atoms with E-state index in [-0.39, 0.29) is 13.2 Å². The topological polar surface area (TPSA) is 44.8 Å². The normalized spacial score (nSPS) is 13.7. The summed E-state index contributed by atoms with van der Waals surface area (Å²) in [5.41, 5.74) is 0. The van der Waals surface area contributed by atoms with Crippen molar-refractivity contribution in [2.45, 2.75) is 51.6 Å². The van der Waals surface area contributed by atoms with Crippen LogP contribution >= 0.6 is 7.82 Å². The Balaban J connectivity index is 4.90. The first-order valence-corrected chi connectivity index (χ1v) is 8.01. The van der Waals surface area contributed by atoms with Crippen molar-refractivity contribution in [3.8, 4) is 0 Å². The van der Waals surface area contributed by atoms with E-state index in [1.54, 1.807) is 13.8 Å². The molecule has 0 aromatic rings. The summed E-state index contributed by atoms with van der Waals surface area (Å²) in [4.78, 5) is 0. The van der Waals surface area contributed by atoms with Gasteiger partial charge >= 0.3 is 19.9 Å². The molecule has 0 saturated carbocycles. The Morgan fingerprint density at radius 1 is 0.952 bits per heavy atom. The maximum absolute atomic E-state index is 13.2. The zero-order chi connectivity index (χ0) is 16.6. The third kappa shape index (κ3) is 7.04. The van der Waals surface area contributed by atoms with Gasteiger partial charge in [-0.25, -0.2) is 13.5 Å². The lowest BCUT2D eigenvalue weighted by molar-refractivity contribution is -0.318. The van der Waals surface area contributed by atoms with Crippen LogP contribution < -0.4 is 0 Å². The highest BCUT2D eigenvalue weighted by atomic mass is 31.2. The molecular weight excluding hydrogens is 322 g/mol. The van der Waals surface area contributed by atoms with Gasteiger partial charge in [-0.1, -0.05) is 26.7 Å². The van der Waals surface area contributed by atoms with Crippen LogP contribution in [0.3, 0.4) is 0 Å². The summed E-state index contributed by atoms with van der Waals surface area (Å²) in [5.74, 6) is -5.12. The number of hydrogen-bond acceptors (Lipinski definition) is 4. The van der Waals surface area contributed by atoms with Crippen LogP contribution in [0.2, 0.25) is 0 Å². The van der Waals surface area contributed by atoms with Crippen molar-refractivity contribution in [3.05, 3.63) is 0 Å². The van der Waals surface area contributed by atoms with Gasteiger partial charge in [-0.2, -0.15) is 17.6 Å². The molecule has 0 aromatic heterocycles. The Kier molecular flexibility index (Phi) is 8.92. The molecule has 0 amide bonds. The van der Waals surface area contributed by atoms with Crippen LogP contribution in [0.4, 0.5) is 22.0 Å². The third-order valence-electron chi connectivity index (χ3n) is 2.31. The summed E-state index contributed by atoms with van der Waals surface area (Å²) in [6.45, 7) is 0.302. The Morgan fingerprint density at radius 3 is 1.71 bits per heavy atom. The Morgan fingerprint density at radius 2 is 1.38 bits per heavy atom. The van der Waals surface area contributed by atoms with Crippen LogP contribution in [0.15, 0.2) is 0 Å². The largest absolute Gasteiger partial charge is 0.479 e. The molecule has 0 aliphatic rings. The highest BCUT2D eigenvalue weighted by Gasteiger charge is 2.62. The summed E-state index contributed by atoms with van der Waals surface area (Å²) in [6, 6.07) is 0. The minimum atomic E-state index is -5.30. The van der Waals surface area contributed by atoms with E-state index in [2.05, 4.69) is 13.6 Å². The summed E-state index contributed by atoms with van der Waals surface area (Å²) in [7, 11) is -4.91. The number of phosphoric ester groups is 1. The molecule has 0 heterocycles. The second-order valence-electron chi connectivity index (χ2n) is 4.27. The second-order valence-corrected chi connectivity index (χ2v) is 5.86. The lowest BCUT2D eigenvalue weighted by Crippen LogP contribution is -2.44. The van der Waals surface area contributed by atoms with E-state index >= 15 is 0 Å². The fraction of sp³-hybridized carbons (Fsp3) is 1.00. The Hall–Kier alpha value is -0.240. The highest BCUT2D eigenvalue weighted by molar-refractivity contribution is 7.48. The lowest BCUT2D eigenvalue weighted by Gasteiger charge is -2.27. The maximum Gasteiger partial charge on any atom is 0.479 e. The molecule has 0 N–H and O–H groups in total. The minimum Gasteiger partial charge on any atom is -0.287 e. The van der Waals surface area contributed by atoms with Crippen LogP contribution in [-0.2, 0) is 18.1 Å². The molecule has 0 saturated heterocycles. The number of hydrogen-bond donors (Lipinski definition) is 0. The van der Waals surface area contributed by atoms with E-state index in [9.17, 15) is 26.5 Å². The molecule has 0 fully saturated rings. The number of unbranched alkanes of at least 4 members (excludes halogenated alkanes) is 2. The van der Waals surface area contributed by atoms with Crippen molar-refractivity contribution in [2.75, 3.05) is 19.9 Å². The third-order valence-corrected chi connectivity index (χ3v) is 3.77. The molecule has 128 valence electrons. The van der Waals surface area contributed by atoms with E-state index in [0.29, 0.717) is 25.7 Å². The van der Waals surface area contributed by atoms with Gasteiger partial charge in [0.2, 0.25) is 0 Å². The molecule has 10 heteroatoms. The Labute approximate surface area is 120 Å². The van der Waals surface area contributed by atoms with Gasteiger partial charge in [0.1, 0.15) is 0 Å². The molecule has 0 aliphatic carbocycles. The number of phosphoric acid groups is 1. The van der Waals surface area contributed by atoms with Crippen molar-refractivity contribution < 1.29 is 40.1 Å². The SMILES string of the molecule is CCCCOP(=O)(OCCCC)OC(F)(F)C(F)(F)CF. The van der Waals surface area contributed by atoms with Gasteiger partial charge in [-0.15, -0.1) is 0 Å². The first-order chi connectivity index (χ1) is 9.64. The number of halogens is 5. The Bertz CT molecular complexity index is 327. The zero-order valence-electron chi connectivity index (χ0n) is 11.9. The molecule has 0 radical (unpaired) electrons. The van der Waals surface area contributed by atoms with Crippen LogP contribution in [0.5, 0.6) is 0 Å². The van der Waals surface area contributed by atoms with Gasteiger partial charge < -0.3 is 0 Å². The molecular formula is C11H20F5O4P. The fourth-order valence-electron chi connectivity index (χ4n) is 1.02. The first-order valence-electron chi connectivity index (χ1n) is 6.55. The fourth-order valence-corrected chi connectivity index (χ4v) is 2.32. The van der Waals surface area contributed by atoms with Crippen molar-refractivity contribution in [3.63, 3.8) is 0 Å². The molecule has 4 nitrogen and oxygen atoms in total. The standard InChI is InChI=1S/C11H20F5O4P/c1-3-5-7-18-21(17,19-8-6-4-2)20-11(15,16)10(13,14)9-12/h3-9H2,1-2H3. The van der Waals surface area contributed by atoms with Crippen molar-refractivity contribution in [1.82, 2.24) is 0 Å². The highest BCUT2D eigenvalue weighted by Crippen LogP contribution is 2.56. The van der Waals surface area contributed by atoms with Gasteiger partial charge in [-0.3, -0.25) is 9.05 Å². The van der Waals surface area contributed by atoms with Crippen LogP contribution in [0.25, 0.3) is 0 Å². The first kappa shape index (κ1) is 20.8. The number of rotatable bonds is 12. The monoisotopic (exact) mass is 342 g/mol. The summed E-state index contributed by atoms with van der Waals surface area (Å²) >= 11 is 0. The van der Waals surface area contributed by atoms with Crippen molar-refractivity contribution >= 4 is 7.82 Å². The van der Waals surface area contributed by atoms with Gasteiger partial charge in [0, 0.05) is 0 Å². The van der Waals surface area contributed by atoms with E-state index in [4.69, 9.17) is 0 Å². The molecule has 0 bridgehead atoms. The predicted molar refractivity (Wildman–Crippen MR) is 66.3 cm³/mol. The lowest BCUT2D eigenvalue weighted by atomic mass is 10.3. The summed E-state index contributed by atoms with van der Waals surface area (Å²) in [5, 5.41) is 0. The zero-order valence-corrected chi connectivity index (χ0v) is 12.8. The van der Waals surface area contributed by atoms with Crippen LogP contribution in [-0.4, -0.2) is 31.9 Å². The summed E-state index contributed by atoms with van der Waals surface area (Å²) in [6.07, 6.45) is -3.43. The predicted octanol–water partition coefficient (Wildman–Crippen LogP) is 4.94. The van der Waals surface area contributed by atoms with Crippen LogP contribution in [0.1, 0.15) is 39.5 Å². The molecule has 21 heavy (non-hydrogen) atoms. The molecule has 0 spiro atoms. The molecule has 0 aromatic carbocycles. The smallest absolute Gasteiger partial charge is 0.287 e.